The molecule has 2 aromatic carbocycles. The van der Waals surface area contributed by atoms with Gasteiger partial charge in [-0.15, -0.1) is 0 Å². The summed E-state index contributed by atoms with van der Waals surface area (Å²) in [6.45, 7) is 4.49. The minimum absolute atomic E-state index is 0.0467. The highest BCUT2D eigenvalue weighted by Crippen LogP contribution is 2.21. The molecule has 1 unspecified atom stereocenters. The molecular weight excluding hydrogens is 399 g/mol. The van der Waals surface area contributed by atoms with Crippen molar-refractivity contribution in [2.75, 3.05) is 36.5 Å². The second-order valence-corrected chi connectivity index (χ2v) is 7.05. The van der Waals surface area contributed by atoms with Crippen molar-refractivity contribution in [2.45, 2.75) is 19.4 Å². The molecule has 1 saturated heterocycles. The highest BCUT2D eigenvalue weighted by molar-refractivity contribution is 6.31. The van der Waals surface area contributed by atoms with E-state index in [-0.39, 0.29) is 17.0 Å². The summed E-state index contributed by atoms with van der Waals surface area (Å²) >= 11 is 5.91. The fourth-order valence-corrected chi connectivity index (χ4v) is 3.19. The maximum atomic E-state index is 13.8. The van der Waals surface area contributed by atoms with E-state index in [2.05, 4.69) is 10.2 Å². The van der Waals surface area contributed by atoms with Gasteiger partial charge in [-0.05, 0) is 43.3 Å². The van der Waals surface area contributed by atoms with Crippen LogP contribution in [0.25, 0.3) is 0 Å². The number of rotatable bonds is 6. The van der Waals surface area contributed by atoms with Gasteiger partial charge in [-0.25, -0.2) is 4.39 Å². The van der Waals surface area contributed by atoms with Crippen LogP contribution in [0.4, 0.5) is 15.8 Å². The molecule has 6 nitrogen and oxygen atoms in total. The molecule has 0 saturated carbocycles. The zero-order chi connectivity index (χ0) is 20.8. The first-order chi connectivity index (χ1) is 13.9. The van der Waals surface area contributed by atoms with Gasteiger partial charge in [0.15, 0.2) is 6.10 Å². The number of nitrogens with zero attached hydrogens (tertiary/aromatic N) is 1. The van der Waals surface area contributed by atoms with E-state index in [4.69, 9.17) is 21.1 Å². The van der Waals surface area contributed by atoms with Crippen molar-refractivity contribution in [3.8, 4) is 0 Å². The first-order valence-corrected chi connectivity index (χ1v) is 9.68. The van der Waals surface area contributed by atoms with Gasteiger partial charge >= 0.3 is 5.97 Å². The Bertz CT molecular complexity index is 849. The second kappa shape index (κ2) is 9.71. The van der Waals surface area contributed by atoms with Crippen molar-refractivity contribution in [3.05, 3.63) is 58.9 Å². The topological polar surface area (TPSA) is 67.9 Å². The smallest absolute Gasteiger partial charge is 0.311 e. The van der Waals surface area contributed by atoms with Crippen LogP contribution in [0.2, 0.25) is 5.02 Å². The molecule has 1 atom stereocenters. The van der Waals surface area contributed by atoms with Gasteiger partial charge in [0.2, 0.25) is 0 Å². The molecule has 8 heteroatoms. The molecule has 1 aliphatic heterocycles. The molecule has 0 spiro atoms. The molecule has 154 valence electrons. The SMILES string of the molecule is CC(OC(=O)Cc1c(F)cccc1Cl)C(=O)Nc1ccc(N2CCOCC2)cc1. The Kier molecular flexibility index (Phi) is 7.06. The van der Waals surface area contributed by atoms with E-state index in [0.717, 1.165) is 18.8 Å². The van der Waals surface area contributed by atoms with Gasteiger partial charge in [-0.2, -0.15) is 0 Å². The highest BCUT2D eigenvalue weighted by atomic mass is 35.5. The van der Waals surface area contributed by atoms with Crippen LogP contribution in [0.15, 0.2) is 42.5 Å². The normalized spacial score (nSPS) is 14.9. The predicted octanol–water partition coefficient (Wildman–Crippen LogP) is 3.43. The summed E-state index contributed by atoms with van der Waals surface area (Å²) in [5.74, 6) is -1.80. The van der Waals surface area contributed by atoms with Gasteiger partial charge in [-0.1, -0.05) is 17.7 Å². The van der Waals surface area contributed by atoms with Crippen molar-refractivity contribution in [1.29, 1.82) is 0 Å². The van der Waals surface area contributed by atoms with E-state index in [0.29, 0.717) is 18.9 Å². The number of carbonyl (C=O) groups excluding carboxylic acids is 2. The standard InChI is InChI=1S/C21H22ClFN2O4/c1-14(29-20(26)13-17-18(22)3-2-4-19(17)23)21(27)24-15-5-7-16(8-6-15)25-9-11-28-12-10-25/h2-8,14H,9-13H2,1H3,(H,24,27). The third kappa shape index (κ3) is 5.68. The van der Waals surface area contributed by atoms with E-state index in [1.807, 2.05) is 12.1 Å². The molecule has 29 heavy (non-hydrogen) atoms. The Morgan fingerprint density at radius 3 is 2.55 bits per heavy atom. The Morgan fingerprint density at radius 2 is 1.90 bits per heavy atom. The molecule has 0 bridgehead atoms. The average molecular weight is 421 g/mol. The van der Waals surface area contributed by atoms with Crippen LogP contribution in [-0.4, -0.2) is 44.3 Å². The van der Waals surface area contributed by atoms with Gasteiger partial charge in [0.05, 0.1) is 19.6 Å². The van der Waals surface area contributed by atoms with Crippen LogP contribution in [0.5, 0.6) is 0 Å². The minimum atomic E-state index is -1.04. The quantitative estimate of drug-likeness (QED) is 0.725. The summed E-state index contributed by atoms with van der Waals surface area (Å²) in [4.78, 5) is 26.6. The van der Waals surface area contributed by atoms with E-state index in [1.54, 1.807) is 12.1 Å². The van der Waals surface area contributed by atoms with Crippen molar-refractivity contribution in [2.24, 2.45) is 0 Å². The van der Waals surface area contributed by atoms with Crippen LogP contribution < -0.4 is 10.2 Å². The van der Waals surface area contributed by atoms with E-state index in [9.17, 15) is 14.0 Å². The maximum absolute atomic E-state index is 13.8. The lowest BCUT2D eigenvalue weighted by Gasteiger charge is -2.28. The molecule has 2 aromatic rings. The monoisotopic (exact) mass is 420 g/mol. The predicted molar refractivity (Wildman–Crippen MR) is 109 cm³/mol. The van der Waals surface area contributed by atoms with Crippen molar-refractivity contribution in [1.82, 2.24) is 0 Å². The van der Waals surface area contributed by atoms with E-state index >= 15 is 0 Å². The lowest BCUT2D eigenvalue weighted by Crippen LogP contribution is -2.36. The third-order valence-electron chi connectivity index (χ3n) is 4.57. The first-order valence-electron chi connectivity index (χ1n) is 9.30. The Balaban J connectivity index is 1.52. The molecule has 1 aliphatic rings. The van der Waals surface area contributed by atoms with Crippen LogP contribution in [0, 0.1) is 5.82 Å². The number of hydrogen-bond acceptors (Lipinski definition) is 5. The lowest BCUT2D eigenvalue weighted by atomic mass is 10.1. The third-order valence-corrected chi connectivity index (χ3v) is 4.93. The first kappa shape index (κ1) is 21.1. The lowest BCUT2D eigenvalue weighted by molar-refractivity contribution is -0.152. The van der Waals surface area contributed by atoms with Gasteiger partial charge in [0.1, 0.15) is 5.82 Å². The zero-order valence-corrected chi connectivity index (χ0v) is 16.7. The zero-order valence-electron chi connectivity index (χ0n) is 16.0. The van der Waals surface area contributed by atoms with Crippen LogP contribution in [0.1, 0.15) is 12.5 Å². The number of halogens is 2. The van der Waals surface area contributed by atoms with E-state index in [1.165, 1.54) is 25.1 Å². The Labute approximate surface area is 173 Å². The maximum Gasteiger partial charge on any atom is 0.311 e. The van der Waals surface area contributed by atoms with Crippen LogP contribution >= 0.6 is 11.6 Å². The van der Waals surface area contributed by atoms with E-state index < -0.39 is 23.8 Å². The van der Waals surface area contributed by atoms with Gasteiger partial charge < -0.3 is 19.7 Å². The van der Waals surface area contributed by atoms with Crippen molar-refractivity contribution >= 4 is 34.9 Å². The highest BCUT2D eigenvalue weighted by Gasteiger charge is 2.20. The van der Waals surface area contributed by atoms with Gasteiger partial charge in [0.25, 0.3) is 5.91 Å². The average Bonchev–Trinajstić information content (AvgIpc) is 2.72. The molecular formula is C21H22ClFN2O4. The van der Waals surface area contributed by atoms with Crippen molar-refractivity contribution in [3.63, 3.8) is 0 Å². The number of esters is 1. The largest absolute Gasteiger partial charge is 0.452 e. The fraction of sp³-hybridized carbons (Fsp3) is 0.333. The van der Waals surface area contributed by atoms with Crippen LogP contribution in [0.3, 0.4) is 0 Å². The number of nitrogens with one attached hydrogen (secondary N) is 1. The van der Waals surface area contributed by atoms with Gasteiger partial charge in [0, 0.05) is 35.1 Å². The molecule has 0 aromatic heterocycles. The van der Waals surface area contributed by atoms with Crippen molar-refractivity contribution < 1.29 is 23.5 Å². The Hall–Kier alpha value is -2.64. The summed E-state index contributed by atoms with van der Waals surface area (Å²) in [6.07, 6.45) is -1.39. The van der Waals surface area contributed by atoms with Crippen LogP contribution in [-0.2, 0) is 25.5 Å². The number of ether oxygens (including phenoxy) is 2. The molecule has 1 amide bonds. The summed E-state index contributed by atoms with van der Waals surface area (Å²) < 4.78 is 24.2. The van der Waals surface area contributed by atoms with Gasteiger partial charge in [-0.3, -0.25) is 9.59 Å². The fourth-order valence-electron chi connectivity index (χ4n) is 2.96. The molecule has 1 heterocycles. The minimum Gasteiger partial charge on any atom is -0.452 e. The number of carbonyl (C=O) groups is 2. The molecule has 1 fully saturated rings. The number of anilines is 2. The molecule has 1 N–H and O–H groups in total. The summed E-state index contributed by atoms with van der Waals surface area (Å²) in [5, 5.41) is 2.84. The Morgan fingerprint density at radius 1 is 1.21 bits per heavy atom. The molecule has 0 radical (unpaired) electrons. The summed E-state index contributed by atoms with van der Waals surface area (Å²) in [5.41, 5.74) is 1.69. The number of morpholine rings is 1. The molecule has 3 rings (SSSR count). The summed E-state index contributed by atoms with van der Waals surface area (Å²) in [7, 11) is 0. The molecule has 0 aliphatic carbocycles. The second-order valence-electron chi connectivity index (χ2n) is 6.64. The number of benzene rings is 2. The summed E-state index contributed by atoms with van der Waals surface area (Å²) in [6, 6.07) is 11.6. The number of hydrogen-bond donors (Lipinski definition) is 1. The number of amides is 1.